The highest BCUT2D eigenvalue weighted by atomic mass is 16.5. The van der Waals surface area contributed by atoms with Gasteiger partial charge in [0.05, 0.1) is 12.6 Å². The van der Waals surface area contributed by atoms with E-state index in [-0.39, 0.29) is 5.91 Å². The number of hydrogen-bond acceptors (Lipinski definition) is 2. The summed E-state index contributed by atoms with van der Waals surface area (Å²) >= 11 is 0. The van der Waals surface area contributed by atoms with Gasteiger partial charge >= 0.3 is 0 Å². The van der Waals surface area contributed by atoms with Gasteiger partial charge in [0, 0.05) is 11.9 Å². The van der Waals surface area contributed by atoms with Crippen LogP contribution in [0.3, 0.4) is 0 Å². The topological polar surface area (TPSA) is 54.1 Å². The number of benzene rings is 1. The Morgan fingerprint density at radius 3 is 3.06 bits per heavy atom. The van der Waals surface area contributed by atoms with Gasteiger partial charge in [-0.25, -0.2) is 0 Å². The number of aromatic amines is 1. The molecule has 0 aliphatic carbocycles. The highest BCUT2D eigenvalue weighted by molar-refractivity contribution is 6.03. The molecule has 0 atom stereocenters. The summed E-state index contributed by atoms with van der Waals surface area (Å²) in [5.41, 5.74) is 2.68. The molecular weight excluding hydrogens is 204 g/mol. The zero-order chi connectivity index (χ0) is 11.1. The van der Waals surface area contributed by atoms with Crippen LogP contribution in [0.4, 0.5) is 0 Å². The van der Waals surface area contributed by atoms with Crippen molar-refractivity contribution < 1.29 is 9.53 Å². The summed E-state index contributed by atoms with van der Waals surface area (Å²) in [5.74, 6) is 0.749. The molecule has 3 rings (SSSR count). The molecule has 0 spiro atoms. The van der Waals surface area contributed by atoms with E-state index in [1.165, 1.54) is 0 Å². The maximum atomic E-state index is 11.7. The fourth-order valence-corrected chi connectivity index (χ4v) is 2.26. The third-order valence-corrected chi connectivity index (χ3v) is 3.01. The molecule has 1 aliphatic heterocycles. The number of carbonyl (C=O) groups excluding carboxylic acids is 1. The first-order chi connectivity index (χ1) is 7.81. The summed E-state index contributed by atoms with van der Waals surface area (Å²) in [7, 11) is 1.63. The van der Waals surface area contributed by atoms with E-state index < -0.39 is 0 Å². The number of rotatable bonds is 1. The second-order valence-corrected chi connectivity index (χ2v) is 3.87. The zero-order valence-corrected chi connectivity index (χ0v) is 8.96. The number of amides is 1. The molecule has 1 aliphatic rings. The van der Waals surface area contributed by atoms with Crippen LogP contribution in [0.1, 0.15) is 16.1 Å². The minimum Gasteiger partial charge on any atom is -0.495 e. The standard InChI is InChI=1S/C12H12N2O2/c1-16-9-4-2-3-7-8-5-6-13-12(15)11(8)14-10(7)9/h2-4,14H,5-6H2,1H3,(H,13,15). The number of fused-ring (bicyclic) bond motifs is 3. The average Bonchev–Trinajstić information content (AvgIpc) is 2.69. The van der Waals surface area contributed by atoms with Gasteiger partial charge in [-0.15, -0.1) is 0 Å². The number of nitrogens with one attached hydrogen (secondary N) is 2. The largest absolute Gasteiger partial charge is 0.495 e. The monoisotopic (exact) mass is 216 g/mol. The molecule has 0 radical (unpaired) electrons. The van der Waals surface area contributed by atoms with Crippen molar-refractivity contribution in [2.45, 2.75) is 6.42 Å². The first-order valence-electron chi connectivity index (χ1n) is 5.27. The van der Waals surface area contributed by atoms with Gasteiger partial charge < -0.3 is 15.0 Å². The van der Waals surface area contributed by atoms with Crippen LogP contribution >= 0.6 is 0 Å². The third-order valence-electron chi connectivity index (χ3n) is 3.01. The Bertz CT molecular complexity index is 572. The van der Waals surface area contributed by atoms with Gasteiger partial charge in [0.1, 0.15) is 11.4 Å². The number of carbonyl (C=O) groups is 1. The van der Waals surface area contributed by atoms with Crippen molar-refractivity contribution in [3.05, 3.63) is 29.5 Å². The van der Waals surface area contributed by atoms with Gasteiger partial charge in [-0.3, -0.25) is 4.79 Å². The number of aromatic nitrogens is 1. The van der Waals surface area contributed by atoms with Gasteiger partial charge in [0.2, 0.25) is 0 Å². The summed E-state index contributed by atoms with van der Waals surface area (Å²) in [6.07, 6.45) is 0.869. The SMILES string of the molecule is COc1cccc2c3c([nH]c12)C(=O)NCC3. The smallest absolute Gasteiger partial charge is 0.268 e. The highest BCUT2D eigenvalue weighted by Crippen LogP contribution is 2.30. The molecule has 0 saturated carbocycles. The Morgan fingerprint density at radius 1 is 1.38 bits per heavy atom. The molecule has 82 valence electrons. The highest BCUT2D eigenvalue weighted by Gasteiger charge is 2.22. The van der Waals surface area contributed by atoms with Crippen LogP contribution in [0.5, 0.6) is 5.75 Å². The van der Waals surface area contributed by atoms with E-state index in [4.69, 9.17) is 4.74 Å². The lowest BCUT2D eigenvalue weighted by atomic mass is 10.0. The fourth-order valence-electron chi connectivity index (χ4n) is 2.26. The summed E-state index contributed by atoms with van der Waals surface area (Å²) in [5, 5.41) is 3.91. The van der Waals surface area contributed by atoms with Gasteiger partial charge in [0.25, 0.3) is 5.91 Å². The zero-order valence-electron chi connectivity index (χ0n) is 8.96. The molecular formula is C12H12N2O2. The molecule has 1 aromatic heterocycles. The van der Waals surface area contributed by atoms with Crippen LogP contribution in [-0.4, -0.2) is 24.5 Å². The van der Waals surface area contributed by atoms with Crippen molar-refractivity contribution in [1.82, 2.24) is 10.3 Å². The second kappa shape index (κ2) is 3.27. The first kappa shape index (κ1) is 9.27. The molecule has 2 aromatic rings. The van der Waals surface area contributed by atoms with E-state index in [1.807, 2.05) is 18.2 Å². The maximum absolute atomic E-state index is 11.7. The molecule has 1 amide bonds. The number of para-hydroxylation sites is 1. The molecule has 1 aromatic carbocycles. The van der Waals surface area contributed by atoms with E-state index in [0.717, 1.165) is 28.6 Å². The molecule has 0 bridgehead atoms. The molecule has 2 heterocycles. The number of methoxy groups -OCH3 is 1. The van der Waals surface area contributed by atoms with Crippen molar-refractivity contribution >= 4 is 16.8 Å². The Kier molecular flexibility index (Phi) is 1.89. The number of H-pyrrole nitrogens is 1. The van der Waals surface area contributed by atoms with Gasteiger partial charge in [0.15, 0.2) is 0 Å². The molecule has 16 heavy (non-hydrogen) atoms. The summed E-state index contributed by atoms with van der Waals surface area (Å²) in [6, 6.07) is 5.86. The minimum atomic E-state index is -0.0282. The van der Waals surface area contributed by atoms with Crippen molar-refractivity contribution in [3.63, 3.8) is 0 Å². The Labute approximate surface area is 92.6 Å². The maximum Gasteiger partial charge on any atom is 0.268 e. The van der Waals surface area contributed by atoms with Crippen LogP contribution in [0.15, 0.2) is 18.2 Å². The van der Waals surface area contributed by atoms with Gasteiger partial charge in [-0.2, -0.15) is 0 Å². The van der Waals surface area contributed by atoms with E-state index in [2.05, 4.69) is 10.3 Å². The predicted molar refractivity (Wildman–Crippen MR) is 60.9 cm³/mol. The molecule has 0 fully saturated rings. The van der Waals surface area contributed by atoms with Crippen molar-refractivity contribution in [1.29, 1.82) is 0 Å². The van der Waals surface area contributed by atoms with Crippen LogP contribution in [-0.2, 0) is 6.42 Å². The Hall–Kier alpha value is -1.97. The summed E-state index contributed by atoms with van der Waals surface area (Å²) < 4.78 is 5.28. The summed E-state index contributed by atoms with van der Waals surface area (Å²) in [6.45, 7) is 0.704. The van der Waals surface area contributed by atoms with Crippen LogP contribution < -0.4 is 10.1 Å². The quantitative estimate of drug-likeness (QED) is 0.758. The van der Waals surface area contributed by atoms with Crippen LogP contribution in [0.2, 0.25) is 0 Å². The molecule has 2 N–H and O–H groups in total. The summed E-state index contributed by atoms with van der Waals surface area (Å²) in [4.78, 5) is 14.8. The lowest BCUT2D eigenvalue weighted by Gasteiger charge is -2.11. The van der Waals surface area contributed by atoms with Crippen LogP contribution in [0, 0.1) is 0 Å². The lowest BCUT2D eigenvalue weighted by Crippen LogP contribution is -2.31. The van der Waals surface area contributed by atoms with E-state index in [0.29, 0.717) is 12.2 Å². The van der Waals surface area contributed by atoms with Crippen LogP contribution in [0.25, 0.3) is 10.9 Å². The number of ether oxygens (including phenoxy) is 1. The first-order valence-corrected chi connectivity index (χ1v) is 5.27. The van der Waals surface area contributed by atoms with Crippen molar-refractivity contribution in [2.75, 3.05) is 13.7 Å². The fraction of sp³-hybridized carbons (Fsp3) is 0.250. The molecule has 4 nitrogen and oxygen atoms in total. The Morgan fingerprint density at radius 2 is 2.25 bits per heavy atom. The average molecular weight is 216 g/mol. The molecule has 0 saturated heterocycles. The minimum absolute atomic E-state index is 0.0282. The molecule has 4 heteroatoms. The number of hydrogen-bond donors (Lipinski definition) is 2. The van der Waals surface area contributed by atoms with E-state index >= 15 is 0 Å². The second-order valence-electron chi connectivity index (χ2n) is 3.87. The third kappa shape index (κ3) is 1.13. The van der Waals surface area contributed by atoms with E-state index in [9.17, 15) is 4.79 Å². The normalized spacial score (nSPS) is 14.7. The van der Waals surface area contributed by atoms with E-state index in [1.54, 1.807) is 7.11 Å². The Balaban J connectivity index is 2.35. The van der Waals surface area contributed by atoms with Gasteiger partial charge in [-0.1, -0.05) is 12.1 Å². The van der Waals surface area contributed by atoms with Crippen molar-refractivity contribution in [3.8, 4) is 5.75 Å². The molecule has 0 unspecified atom stereocenters. The van der Waals surface area contributed by atoms with Crippen molar-refractivity contribution in [2.24, 2.45) is 0 Å². The lowest BCUT2D eigenvalue weighted by molar-refractivity contribution is 0.0942. The van der Waals surface area contributed by atoms with Gasteiger partial charge in [-0.05, 0) is 18.1 Å². The predicted octanol–water partition coefficient (Wildman–Crippen LogP) is 1.46.